The molecule has 0 amide bonds. The van der Waals surface area contributed by atoms with Crippen molar-refractivity contribution in [3.63, 3.8) is 0 Å². The Labute approximate surface area is 96.1 Å². The highest BCUT2D eigenvalue weighted by molar-refractivity contribution is 7.98. The highest BCUT2D eigenvalue weighted by Gasteiger charge is 2.09. The van der Waals surface area contributed by atoms with Crippen molar-refractivity contribution in [2.45, 2.75) is 32.2 Å². The maximum atomic E-state index is 4.17. The van der Waals surface area contributed by atoms with Crippen LogP contribution in [0.3, 0.4) is 0 Å². The first kappa shape index (κ1) is 12.3. The summed E-state index contributed by atoms with van der Waals surface area (Å²) in [6, 6.07) is 1.98. The molecule has 1 N–H and O–H groups in total. The van der Waals surface area contributed by atoms with Crippen molar-refractivity contribution in [1.82, 2.24) is 9.97 Å². The molecule has 1 rings (SSSR count). The summed E-state index contributed by atoms with van der Waals surface area (Å²) in [6.45, 7) is 7.67. The number of hydrogen-bond acceptors (Lipinski definition) is 4. The van der Waals surface area contributed by atoms with Crippen molar-refractivity contribution in [2.75, 3.05) is 18.1 Å². The molecule has 3 nitrogen and oxygen atoms in total. The fourth-order valence-electron chi connectivity index (χ4n) is 1.11. The van der Waals surface area contributed by atoms with Crippen LogP contribution < -0.4 is 5.32 Å². The normalized spacial score (nSPS) is 11.5. The van der Waals surface area contributed by atoms with E-state index in [2.05, 4.69) is 36.1 Å². The lowest BCUT2D eigenvalue weighted by molar-refractivity contribution is 0.389. The highest BCUT2D eigenvalue weighted by atomic mass is 32.2. The van der Waals surface area contributed by atoms with Crippen molar-refractivity contribution >= 4 is 17.6 Å². The number of anilines is 1. The van der Waals surface area contributed by atoms with Gasteiger partial charge >= 0.3 is 0 Å². The molecule has 0 atom stereocenters. The Bertz CT molecular complexity index is 307. The number of aromatic nitrogens is 2. The summed E-state index contributed by atoms with van der Waals surface area (Å²) in [5.41, 5.74) is 0.363. The van der Waals surface area contributed by atoms with E-state index in [4.69, 9.17) is 0 Å². The van der Waals surface area contributed by atoms with Crippen LogP contribution in [0.25, 0.3) is 0 Å². The zero-order valence-electron chi connectivity index (χ0n) is 9.87. The Balaban J connectivity index is 2.44. The SMILES string of the molecule is CSc1cc(NCCC(C)(C)C)ncn1. The molecule has 0 bridgehead atoms. The average Bonchev–Trinajstić information content (AvgIpc) is 2.16. The second kappa shape index (κ2) is 5.35. The van der Waals surface area contributed by atoms with Gasteiger partial charge in [0, 0.05) is 12.6 Å². The van der Waals surface area contributed by atoms with Crippen LogP contribution in [0.5, 0.6) is 0 Å². The minimum Gasteiger partial charge on any atom is -0.370 e. The van der Waals surface area contributed by atoms with Crippen LogP contribution >= 0.6 is 11.8 Å². The Morgan fingerprint density at radius 3 is 2.67 bits per heavy atom. The highest BCUT2D eigenvalue weighted by Crippen LogP contribution is 2.19. The van der Waals surface area contributed by atoms with E-state index in [-0.39, 0.29) is 0 Å². The Morgan fingerprint density at radius 1 is 1.33 bits per heavy atom. The Hall–Kier alpha value is -0.770. The first-order chi connectivity index (χ1) is 7.01. The molecule has 0 saturated heterocycles. The molecule has 1 aromatic rings. The molecule has 15 heavy (non-hydrogen) atoms. The molecule has 0 saturated carbocycles. The summed E-state index contributed by atoms with van der Waals surface area (Å²) >= 11 is 1.63. The molecule has 0 fully saturated rings. The van der Waals surface area contributed by atoms with Crippen LogP contribution in [0.4, 0.5) is 5.82 Å². The van der Waals surface area contributed by atoms with Gasteiger partial charge in [0.05, 0.1) is 0 Å². The van der Waals surface area contributed by atoms with Gasteiger partial charge in [0.2, 0.25) is 0 Å². The third-order valence-electron chi connectivity index (χ3n) is 2.03. The summed E-state index contributed by atoms with van der Waals surface area (Å²) in [5, 5.41) is 4.31. The molecule has 0 aliphatic heterocycles. The smallest absolute Gasteiger partial charge is 0.130 e. The minimum atomic E-state index is 0.363. The van der Waals surface area contributed by atoms with Crippen LogP contribution in [0.1, 0.15) is 27.2 Å². The quantitative estimate of drug-likeness (QED) is 0.631. The monoisotopic (exact) mass is 225 g/mol. The molecule has 0 spiro atoms. The van der Waals surface area contributed by atoms with Gasteiger partial charge in [0.1, 0.15) is 17.2 Å². The molecule has 84 valence electrons. The van der Waals surface area contributed by atoms with Gasteiger partial charge < -0.3 is 5.32 Å². The largest absolute Gasteiger partial charge is 0.370 e. The first-order valence-electron chi connectivity index (χ1n) is 5.11. The summed E-state index contributed by atoms with van der Waals surface area (Å²) in [4.78, 5) is 8.30. The predicted octanol–water partition coefficient (Wildman–Crippen LogP) is 3.05. The number of rotatable bonds is 4. The van der Waals surface area contributed by atoms with Gasteiger partial charge in [-0.25, -0.2) is 9.97 Å². The van der Waals surface area contributed by atoms with Gasteiger partial charge in [-0.15, -0.1) is 11.8 Å². The zero-order chi connectivity index (χ0) is 11.3. The summed E-state index contributed by atoms with van der Waals surface area (Å²) in [7, 11) is 0. The number of thioether (sulfide) groups is 1. The maximum Gasteiger partial charge on any atom is 0.130 e. The topological polar surface area (TPSA) is 37.8 Å². The molecule has 0 aromatic carbocycles. The number of nitrogens with one attached hydrogen (secondary N) is 1. The van der Waals surface area contributed by atoms with Gasteiger partial charge in [0.25, 0.3) is 0 Å². The Kier molecular flexibility index (Phi) is 4.39. The molecule has 0 aliphatic carbocycles. The van der Waals surface area contributed by atoms with E-state index in [9.17, 15) is 0 Å². The average molecular weight is 225 g/mol. The Morgan fingerprint density at radius 2 is 2.07 bits per heavy atom. The van der Waals surface area contributed by atoms with E-state index in [1.54, 1.807) is 18.1 Å². The molecule has 4 heteroatoms. The van der Waals surface area contributed by atoms with E-state index in [0.717, 1.165) is 23.8 Å². The summed E-state index contributed by atoms with van der Waals surface area (Å²) < 4.78 is 0. The van der Waals surface area contributed by atoms with Crippen molar-refractivity contribution in [2.24, 2.45) is 5.41 Å². The second-order valence-electron chi connectivity index (χ2n) is 4.68. The van der Waals surface area contributed by atoms with Gasteiger partial charge in [-0.05, 0) is 18.1 Å². The van der Waals surface area contributed by atoms with E-state index < -0.39 is 0 Å². The van der Waals surface area contributed by atoms with Crippen molar-refractivity contribution in [1.29, 1.82) is 0 Å². The molecule has 0 unspecified atom stereocenters. The molecular weight excluding hydrogens is 206 g/mol. The van der Waals surface area contributed by atoms with E-state index >= 15 is 0 Å². The maximum absolute atomic E-state index is 4.17. The van der Waals surface area contributed by atoms with Crippen molar-refractivity contribution < 1.29 is 0 Å². The number of nitrogens with zero attached hydrogens (tertiary/aromatic N) is 2. The molecule has 1 aromatic heterocycles. The second-order valence-corrected chi connectivity index (χ2v) is 5.51. The van der Waals surface area contributed by atoms with Gasteiger partial charge in [0.15, 0.2) is 0 Å². The van der Waals surface area contributed by atoms with Crippen LogP contribution in [-0.4, -0.2) is 22.8 Å². The van der Waals surface area contributed by atoms with Gasteiger partial charge in [-0.3, -0.25) is 0 Å². The standard InChI is InChI=1S/C11H19N3S/c1-11(2,3)5-6-12-9-7-10(15-4)14-8-13-9/h7-8H,5-6H2,1-4H3,(H,12,13,14). The molecular formula is C11H19N3S. The van der Waals surface area contributed by atoms with Gasteiger partial charge in [-0.2, -0.15) is 0 Å². The molecule has 1 heterocycles. The van der Waals surface area contributed by atoms with Crippen LogP contribution in [0, 0.1) is 5.41 Å². The van der Waals surface area contributed by atoms with Crippen LogP contribution in [-0.2, 0) is 0 Å². The minimum absolute atomic E-state index is 0.363. The lowest BCUT2D eigenvalue weighted by atomic mass is 9.92. The summed E-state index contributed by atoms with van der Waals surface area (Å²) in [5.74, 6) is 0.915. The van der Waals surface area contributed by atoms with Crippen LogP contribution in [0.2, 0.25) is 0 Å². The van der Waals surface area contributed by atoms with Crippen LogP contribution in [0.15, 0.2) is 17.4 Å². The first-order valence-corrected chi connectivity index (χ1v) is 6.34. The van der Waals surface area contributed by atoms with E-state index in [1.165, 1.54) is 0 Å². The third kappa shape index (κ3) is 5.02. The summed E-state index contributed by atoms with van der Waals surface area (Å²) in [6.07, 6.45) is 4.75. The lowest BCUT2D eigenvalue weighted by Crippen LogP contribution is -2.13. The van der Waals surface area contributed by atoms with E-state index in [0.29, 0.717) is 5.41 Å². The zero-order valence-corrected chi connectivity index (χ0v) is 10.7. The lowest BCUT2D eigenvalue weighted by Gasteiger charge is -2.18. The molecule has 0 aliphatic rings. The fraction of sp³-hybridized carbons (Fsp3) is 0.636. The molecule has 0 radical (unpaired) electrons. The van der Waals surface area contributed by atoms with Gasteiger partial charge in [-0.1, -0.05) is 20.8 Å². The third-order valence-corrected chi connectivity index (χ3v) is 2.67. The van der Waals surface area contributed by atoms with E-state index in [1.807, 2.05) is 12.3 Å². The number of hydrogen-bond donors (Lipinski definition) is 1. The fourth-order valence-corrected chi connectivity index (χ4v) is 1.50. The van der Waals surface area contributed by atoms with Crippen molar-refractivity contribution in [3.8, 4) is 0 Å². The van der Waals surface area contributed by atoms with Crippen molar-refractivity contribution in [3.05, 3.63) is 12.4 Å². The predicted molar refractivity (Wildman–Crippen MR) is 66.4 cm³/mol.